The van der Waals surface area contributed by atoms with Gasteiger partial charge in [-0.3, -0.25) is 4.79 Å². The second-order valence-electron chi connectivity index (χ2n) is 5.67. The van der Waals surface area contributed by atoms with Crippen molar-refractivity contribution in [3.8, 4) is 0 Å². The van der Waals surface area contributed by atoms with Crippen LogP contribution < -0.4 is 5.43 Å². The molecule has 0 saturated carbocycles. The number of benzene rings is 1. The van der Waals surface area contributed by atoms with Gasteiger partial charge in [-0.2, -0.15) is 14.2 Å². The second kappa shape index (κ2) is 5.78. The molecule has 0 spiro atoms. The van der Waals surface area contributed by atoms with Crippen LogP contribution in [0, 0.1) is 0 Å². The summed E-state index contributed by atoms with van der Waals surface area (Å²) >= 11 is 0. The highest BCUT2D eigenvalue weighted by atomic mass is 32.2. The van der Waals surface area contributed by atoms with Gasteiger partial charge in [-0.25, -0.2) is 13.8 Å². The van der Waals surface area contributed by atoms with Crippen molar-refractivity contribution < 1.29 is 13.2 Å². The Morgan fingerprint density at radius 3 is 2.61 bits per heavy atom. The van der Waals surface area contributed by atoms with Crippen LogP contribution in [-0.2, 0) is 27.9 Å². The number of amides is 1. The largest absolute Gasteiger partial charge is 0.272 e. The van der Waals surface area contributed by atoms with Gasteiger partial charge in [-0.15, -0.1) is 0 Å². The van der Waals surface area contributed by atoms with Gasteiger partial charge in [0.2, 0.25) is 15.9 Å². The molecular formula is C15H18N4O3S. The summed E-state index contributed by atoms with van der Waals surface area (Å²) in [6.07, 6.45) is 2.76. The number of fused-ring (bicyclic) bond motifs is 1. The fourth-order valence-corrected chi connectivity index (χ4v) is 3.28. The van der Waals surface area contributed by atoms with Crippen LogP contribution in [0.15, 0.2) is 36.5 Å². The first-order valence-corrected chi connectivity index (χ1v) is 9.08. The number of aromatic nitrogens is 2. The number of carbonyl (C=O) groups is 1. The molecule has 1 aromatic carbocycles. The molecule has 0 bridgehead atoms. The van der Waals surface area contributed by atoms with Crippen LogP contribution in [-0.4, -0.2) is 34.8 Å². The maximum Gasteiger partial charge on any atom is 0.247 e. The van der Waals surface area contributed by atoms with Crippen LogP contribution in [0.25, 0.3) is 0 Å². The Morgan fingerprint density at radius 2 is 1.96 bits per heavy atom. The SMILES string of the molecule is CC(C(=O)Nn1ncc2c1CN(S(C)(=O)=O)C2)c1ccccc1. The molecule has 122 valence electrons. The highest BCUT2D eigenvalue weighted by molar-refractivity contribution is 7.88. The molecule has 1 unspecified atom stereocenters. The third-order valence-corrected chi connectivity index (χ3v) is 5.20. The summed E-state index contributed by atoms with van der Waals surface area (Å²) in [4.78, 5) is 13.8. The normalized spacial score (nSPS) is 16.1. The fourth-order valence-electron chi connectivity index (χ4n) is 2.55. The van der Waals surface area contributed by atoms with Crippen molar-refractivity contribution in [3.05, 3.63) is 53.3 Å². The minimum absolute atomic E-state index is 0.195. The highest BCUT2D eigenvalue weighted by Crippen LogP contribution is 2.24. The third-order valence-electron chi connectivity index (χ3n) is 4.01. The molecule has 1 N–H and O–H groups in total. The van der Waals surface area contributed by atoms with Gasteiger partial charge in [0.25, 0.3) is 0 Å². The molecule has 7 nitrogen and oxygen atoms in total. The van der Waals surface area contributed by atoms with E-state index in [-0.39, 0.29) is 24.9 Å². The molecule has 1 aliphatic heterocycles. The van der Waals surface area contributed by atoms with Crippen LogP contribution in [0.3, 0.4) is 0 Å². The van der Waals surface area contributed by atoms with E-state index in [4.69, 9.17) is 0 Å². The van der Waals surface area contributed by atoms with E-state index in [0.717, 1.165) is 11.1 Å². The van der Waals surface area contributed by atoms with Gasteiger partial charge in [0.1, 0.15) is 0 Å². The average Bonchev–Trinajstić information content (AvgIpc) is 3.09. The lowest BCUT2D eigenvalue weighted by molar-refractivity contribution is -0.118. The lowest BCUT2D eigenvalue weighted by Crippen LogP contribution is -2.30. The van der Waals surface area contributed by atoms with E-state index in [1.165, 1.54) is 15.4 Å². The zero-order chi connectivity index (χ0) is 16.6. The van der Waals surface area contributed by atoms with Crippen molar-refractivity contribution in [3.63, 3.8) is 0 Å². The molecule has 1 aromatic heterocycles. The van der Waals surface area contributed by atoms with Gasteiger partial charge in [0.15, 0.2) is 0 Å². The Kier molecular flexibility index (Phi) is 3.95. The summed E-state index contributed by atoms with van der Waals surface area (Å²) in [6.45, 7) is 2.32. The minimum atomic E-state index is -3.27. The first-order chi connectivity index (χ1) is 10.9. The van der Waals surface area contributed by atoms with Gasteiger partial charge in [0, 0.05) is 12.1 Å². The quantitative estimate of drug-likeness (QED) is 0.905. The Bertz CT molecular complexity index is 830. The third kappa shape index (κ3) is 3.13. The van der Waals surface area contributed by atoms with E-state index in [0.29, 0.717) is 5.69 Å². The van der Waals surface area contributed by atoms with E-state index in [1.807, 2.05) is 37.3 Å². The number of nitrogens with zero attached hydrogens (tertiary/aromatic N) is 3. The van der Waals surface area contributed by atoms with Crippen LogP contribution in [0.1, 0.15) is 29.7 Å². The standard InChI is InChI=1S/C15H18N4O3S/c1-11(12-6-4-3-5-7-12)15(20)17-19-14-10-18(23(2,21)22)9-13(14)8-16-19/h3-8,11H,9-10H2,1-2H3,(H,17,20). The molecule has 0 aliphatic carbocycles. The number of sulfonamides is 1. The van der Waals surface area contributed by atoms with E-state index in [1.54, 1.807) is 6.20 Å². The fraction of sp³-hybridized carbons (Fsp3) is 0.333. The zero-order valence-corrected chi connectivity index (χ0v) is 13.7. The molecule has 1 amide bonds. The summed E-state index contributed by atoms with van der Waals surface area (Å²) < 4.78 is 24.6. The minimum Gasteiger partial charge on any atom is -0.272 e. The molecule has 0 radical (unpaired) electrons. The number of hydrogen-bond donors (Lipinski definition) is 1. The molecule has 8 heteroatoms. The Labute approximate surface area is 134 Å². The Morgan fingerprint density at radius 1 is 1.26 bits per heavy atom. The highest BCUT2D eigenvalue weighted by Gasteiger charge is 2.30. The van der Waals surface area contributed by atoms with Gasteiger partial charge in [-0.05, 0) is 12.5 Å². The zero-order valence-electron chi connectivity index (χ0n) is 12.9. The molecule has 0 saturated heterocycles. The second-order valence-corrected chi connectivity index (χ2v) is 7.65. The molecule has 2 heterocycles. The van der Waals surface area contributed by atoms with Gasteiger partial charge in [-0.1, -0.05) is 30.3 Å². The van der Waals surface area contributed by atoms with Gasteiger partial charge in [0.05, 0.1) is 30.6 Å². The van der Waals surface area contributed by atoms with E-state index in [9.17, 15) is 13.2 Å². The van der Waals surface area contributed by atoms with Crippen LogP contribution in [0.4, 0.5) is 0 Å². The smallest absolute Gasteiger partial charge is 0.247 e. The van der Waals surface area contributed by atoms with E-state index < -0.39 is 10.0 Å². The van der Waals surface area contributed by atoms with Crippen molar-refractivity contribution in [2.45, 2.75) is 25.9 Å². The van der Waals surface area contributed by atoms with Crippen molar-refractivity contribution >= 4 is 15.9 Å². The van der Waals surface area contributed by atoms with Crippen molar-refractivity contribution in [1.29, 1.82) is 0 Å². The van der Waals surface area contributed by atoms with E-state index >= 15 is 0 Å². The van der Waals surface area contributed by atoms with Crippen molar-refractivity contribution in [1.82, 2.24) is 14.2 Å². The molecule has 0 fully saturated rings. The maximum atomic E-state index is 12.4. The summed E-state index contributed by atoms with van der Waals surface area (Å²) in [6, 6.07) is 9.45. The molecule has 23 heavy (non-hydrogen) atoms. The molecule has 3 rings (SSSR count). The number of carbonyl (C=O) groups excluding carboxylic acids is 1. The van der Waals surface area contributed by atoms with Crippen LogP contribution in [0.5, 0.6) is 0 Å². The lowest BCUT2D eigenvalue weighted by Gasteiger charge is -2.15. The molecular weight excluding hydrogens is 316 g/mol. The summed E-state index contributed by atoms with van der Waals surface area (Å²) in [5.41, 5.74) is 5.15. The van der Waals surface area contributed by atoms with Crippen LogP contribution >= 0.6 is 0 Å². The first kappa shape index (κ1) is 15.7. The van der Waals surface area contributed by atoms with Crippen LogP contribution in [0.2, 0.25) is 0 Å². The average molecular weight is 334 g/mol. The van der Waals surface area contributed by atoms with E-state index in [2.05, 4.69) is 10.5 Å². The van der Waals surface area contributed by atoms with Crippen molar-refractivity contribution in [2.75, 3.05) is 11.7 Å². The summed E-state index contributed by atoms with van der Waals surface area (Å²) in [5, 5.41) is 4.13. The summed E-state index contributed by atoms with van der Waals surface area (Å²) in [7, 11) is -3.27. The first-order valence-electron chi connectivity index (χ1n) is 7.23. The summed E-state index contributed by atoms with van der Waals surface area (Å²) in [5.74, 6) is -0.525. The van der Waals surface area contributed by atoms with Gasteiger partial charge >= 0.3 is 0 Å². The predicted molar refractivity (Wildman–Crippen MR) is 85.5 cm³/mol. The monoisotopic (exact) mass is 334 g/mol. The number of hydrogen-bond acceptors (Lipinski definition) is 4. The molecule has 1 atom stereocenters. The Balaban J connectivity index is 1.75. The number of rotatable bonds is 4. The number of nitrogens with one attached hydrogen (secondary N) is 1. The lowest BCUT2D eigenvalue weighted by atomic mass is 10.0. The predicted octanol–water partition coefficient (Wildman–Crippen LogP) is 1.03. The molecule has 2 aromatic rings. The van der Waals surface area contributed by atoms with Gasteiger partial charge < -0.3 is 0 Å². The maximum absolute atomic E-state index is 12.4. The topological polar surface area (TPSA) is 84.3 Å². The van der Waals surface area contributed by atoms with Crippen molar-refractivity contribution in [2.24, 2.45) is 0 Å². The molecule has 1 aliphatic rings. The Hall–Kier alpha value is -2.19.